The van der Waals surface area contributed by atoms with E-state index in [-0.39, 0.29) is 25.0 Å². The molecule has 3 aromatic rings. The van der Waals surface area contributed by atoms with Crippen molar-refractivity contribution in [2.75, 3.05) is 26.3 Å². The van der Waals surface area contributed by atoms with Crippen LogP contribution in [0.2, 0.25) is 0 Å². The average molecular weight is 397 g/mol. The van der Waals surface area contributed by atoms with Gasteiger partial charge in [0.2, 0.25) is 24.2 Å². The van der Waals surface area contributed by atoms with E-state index in [4.69, 9.17) is 23.4 Å². The van der Waals surface area contributed by atoms with Crippen molar-refractivity contribution in [1.82, 2.24) is 9.78 Å². The second-order valence-electron chi connectivity index (χ2n) is 6.76. The minimum Gasteiger partial charge on any atom is -0.493 e. The highest BCUT2D eigenvalue weighted by atomic mass is 16.7. The second-order valence-corrected chi connectivity index (χ2v) is 6.76. The predicted molar refractivity (Wildman–Crippen MR) is 101 cm³/mol. The highest BCUT2D eigenvalue weighted by Crippen LogP contribution is 2.53. The van der Waals surface area contributed by atoms with Crippen molar-refractivity contribution in [3.63, 3.8) is 0 Å². The number of anilines is 1. The van der Waals surface area contributed by atoms with E-state index >= 15 is 0 Å². The number of carbonyl (C=O) groups is 1. The van der Waals surface area contributed by atoms with Crippen molar-refractivity contribution in [2.24, 2.45) is 0 Å². The van der Waals surface area contributed by atoms with Crippen molar-refractivity contribution in [3.8, 4) is 23.0 Å². The van der Waals surface area contributed by atoms with Crippen LogP contribution in [-0.2, 0) is 11.3 Å². The van der Waals surface area contributed by atoms with Crippen molar-refractivity contribution in [2.45, 2.75) is 18.9 Å². The Morgan fingerprint density at radius 3 is 2.86 bits per heavy atom. The number of hydrogen-bond acceptors (Lipinski definition) is 7. The maximum atomic E-state index is 12.5. The SMILES string of the molecule is COc1cc([C@@H]2CC(=O)Nc3c2cnn3Cc2ccco2)c(OC)c2c1OCO2. The molecule has 2 aromatic heterocycles. The van der Waals surface area contributed by atoms with Crippen molar-refractivity contribution in [1.29, 1.82) is 0 Å². The van der Waals surface area contributed by atoms with Gasteiger partial charge in [0.1, 0.15) is 18.1 Å². The molecule has 0 spiro atoms. The number of rotatable bonds is 5. The Hall–Kier alpha value is -3.62. The molecule has 0 fully saturated rings. The smallest absolute Gasteiger partial charge is 0.231 e. The number of methoxy groups -OCH3 is 2. The first kappa shape index (κ1) is 17.5. The van der Waals surface area contributed by atoms with E-state index in [1.165, 1.54) is 0 Å². The molecule has 9 heteroatoms. The molecule has 2 aliphatic rings. The maximum absolute atomic E-state index is 12.5. The number of nitrogens with zero attached hydrogens (tertiary/aromatic N) is 2. The Bertz CT molecular complexity index is 1070. The number of amides is 1. The number of aromatic nitrogens is 2. The zero-order valence-electron chi connectivity index (χ0n) is 15.9. The number of nitrogens with one attached hydrogen (secondary N) is 1. The summed E-state index contributed by atoms with van der Waals surface area (Å²) in [6.45, 7) is 0.500. The number of furan rings is 1. The Kier molecular flexibility index (Phi) is 4.08. The van der Waals surface area contributed by atoms with Gasteiger partial charge in [-0.2, -0.15) is 5.10 Å². The van der Waals surface area contributed by atoms with E-state index in [9.17, 15) is 4.79 Å². The molecule has 0 radical (unpaired) electrons. The Morgan fingerprint density at radius 1 is 1.24 bits per heavy atom. The molecule has 0 aliphatic carbocycles. The molecule has 0 saturated heterocycles. The predicted octanol–water partition coefficient (Wildman–Crippen LogP) is 2.74. The van der Waals surface area contributed by atoms with Crippen LogP contribution in [0.15, 0.2) is 35.1 Å². The lowest BCUT2D eigenvalue weighted by molar-refractivity contribution is -0.116. The summed E-state index contributed by atoms with van der Waals surface area (Å²) in [5.41, 5.74) is 1.66. The van der Waals surface area contributed by atoms with Gasteiger partial charge in [-0.15, -0.1) is 0 Å². The fourth-order valence-corrected chi connectivity index (χ4v) is 3.87. The molecule has 5 rings (SSSR count). The van der Waals surface area contributed by atoms with Gasteiger partial charge in [-0.3, -0.25) is 4.79 Å². The van der Waals surface area contributed by atoms with Gasteiger partial charge in [-0.1, -0.05) is 0 Å². The summed E-state index contributed by atoms with van der Waals surface area (Å²) < 4.78 is 29.4. The minimum absolute atomic E-state index is 0.0863. The zero-order valence-corrected chi connectivity index (χ0v) is 15.9. The largest absolute Gasteiger partial charge is 0.493 e. The summed E-state index contributed by atoms with van der Waals surface area (Å²) in [5, 5.41) is 7.40. The summed E-state index contributed by atoms with van der Waals surface area (Å²) in [5.74, 6) is 3.05. The fraction of sp³-hybridized carbons (Fsp3) is 0.300. The van der Waals surface area contributed by atoms with E-state index in [2.05, 4.69) is 10.4 Å². The summed E-state index contributed by atoms with van der Waals surface area (Å²) >= 11 is 0. The van der Waals surface area contributed by atoms with Gasteiger partial charge >= 0.3 is 0 Å². The first-order valence-corrected chi connectivity index (χ1v) is 9.12. The third kappa shape index (κ3) is 2.77. The van der Waals surface area contributed by atoms with Gasteiger partial charge in [0.15, 0.2) is 11.5 Å². The molecule has 0 saturated carbocycles. The summed E-state index contributed by atoms with van der Waals surface area (Å²) in [4.78, 5) is 12.5. The lowest BCUT2D eigenvalue weighted by Gasteiger charge is -2.26. The Balaban J connectivity index is 1.62. The maximum Gasteiger partial charge on any atom is 0.231 e. The van der Waals surface area contributed by atoms with E-state index < -0.39 is 0 Å². The number of carbonyl (C=O) groups excluding carboxylic acids is 1. The monoisotopic (exact) mass is 397 g/mol. The van der Waals surface area contributed by atoms with E-state index in [1.54, 1.807) is 31.4 Å². The number of hydrogen-bond donors (Lipinski definition) is 1. The number of ether oxygens (including phenoxy) is 4. The first-order chi connectivity index (χ1) is 14.2. The summed E-state index contributed by atoms with van der Waals surface area (Å²) in [6, 6.07) is 5.52. The highest BCUT2D eigenvalue weighted by Gasteiger charge is 2.36. The van der Waals surface area contributed by atoms with Crippen molar-refractivity contribution in [3.05, 3.63) is 47.5 Å². The molecule has 1 atom stereocenters. The quantitative estimate of drug-likeness (QED) is 0.707. The molecule has 9 nitrogen and oxygen atoms in total. The normalized spacial score (nSPS) is 17.0. The Morgan fingerprint density at radius 2 is 2.10 bits per heavy atom. The standard InChI is InChI=1S/C20H19N3O6/c1-25-15-6-13(17(26-2)19-18(15)28-10-29-19)12-7-16(24)22-20-14(12)8-21-23(20)9-11-4-3-5-27-11/h3-6,8,12H,7,9-10H2,1-2H3,(H,22,24)/t12-/m0/s1. The third-order valence-electron chi connectivity index (χ3n) is 5.17. The molecule has 0 unspecified atom stereocenters. The van der Waals surface area contributed by atoms with E-state index in [1.807, 2.05) is 18.2 Å². The molecular weight excluding hydrogens is 378 g/mol. The summed E-state index contributed by atoms with van der Waals surface area (Å²) in [6.07, 6.45) is 3.62. The molecule has 4 heterocycles. The lowest BCUT2D eigenvalue weighted by Crippen LogP contribution is -2.25. The van der Waals surface area contributed by atoms with Crippen LogP contribution >= 0.6 is 0 Å². The molecule has 150 valence electrons. The summed E-state index contributed by atoms with van der Waals surface area (Å²) in [7, 11) is 3.13. The fourth-order valence-electron chi connectivity index (χ4n) is 3.87. The van der Waals surface area contributed by atoms with Gasteiger partial charge in [0.05, 0.1) is 26.7 Å². The Labute approximate surface area is 166 Å². The molecule has 29 heavy (non-hydrogen) atoms. The van der Waals surface area contributed by atoms with Crippen LogP contribution in [-0.4, -0.2) is 36.7 Å². The highest BCUT2D eigenvalue weighted by molar-refractivity contribution is 5.94. The van der Waals surface area contributed by atoms with Gasteiger partial charge in [0, 0.05) is 23.5 Å². The van der Waals surface area contributed by atoms with Crippen molar-refractivity contribution >= 4 is 11.7 Å². The van der Waals surface area contributed by atoms with Gasteiger partial charge in [-0.05, 0) is 18.2 Å². The van der Waals surface area contributed by atoms with Crippen LogP contribution in [0.1, 0.15) is 29.2 Å². The van der Waals surface area contributed by atoms with Gasteiger partial charge in [-0.25, -0.2) is 4.68 Å². The molecule has 1 aromatic carbocycles. The van der Waals surface area contributed by atoms with E-state index in [0.29, 0.717) is 35.4 Å². The van der Waals surface area contributed by atoms with Crippen molar-refractivity contribution < 1.29 is 28.2 Å². The van der Waals surface area contributed by atoms with Crippen LogP contribution in [0.5, 0.6) is 23.0 Å². The molecule has 1 amide bonds. The molecule has 2 aliphatic heterocycles. The molecular formula is C20H19N3O6. The zero-order chi connectivity index (χ0) is 20.0. The topological polar surface area (TPSA) is 97.0 Å². The van der Waals surface area contributed by atoms with E-state index in [0.717, 1.165) is 16.9 Å². The van der Waals surface area contributed by atoms with Crippen LogP contribution < -0.4 is 24.3 Å². The second kappa shape index (κ2) is 6.77. The molecule has 0 bridgehead atoms. The number of benzene rings is 1. The number of fused-ring (bicyclic) bond motifs is 2. The average Bonchev–Trinajstić information content (AvgIpc) is 3.48. The van der Waals surface area contributed by atoms with Crippen LogP contribution in [0.3, 0.4) is 0 Å². The van der Waals surface area contributed by atoms with Gasteiger partial charge < -0.3 is 28.7 Å². The van der Waals surface area contributed by atoms with Crippen LogP contribution in [0, 0.1) is 0 Å². The van der Waals surface area contributed by atoms with Crippen LogP contribution in [0.4, 0.5) is 5.82 Å². The van der Waals surface area contributed by atoms with Crippen LogP contribution in [0.25, 0.3) is 0 Å². The minimum atomic E-state index is -0.276. The first-order valence-electron chi connectivity index (χ1n) is 9.12. The van der Waals surface area contributed by atoms with Gasteiger partial charge in [0.25, 0.3) is 0 Å². The molecule has 1 N–H and O–H groups in total. The lowest BCUT2D eigenvalue weighted by atomic mass is 9.86. The third-order valence-corrected chi connectivity index (χ3v) is 5.17.